The summed E-state index contributed by atoms with van der Waals surface area (Å²) in [6.45, 7) is 2.97. The van der Waals surface area contributed by atoms with Gasteiger partial charge in [-0.15, -0.1) is 0 Å². The van der Waals surface area contributed by atoms with Crippen molar-refractivity contribution in [2.24, 2.45) is 5.92 Å². The van der Waals surface area contributed by atoms with Gasteiger partial charge in [0.2, 0.25) is 15.9 Å². The standard InChI is InChI=1S/C12H23N3O3S/c16-12-10-15(8-1-5-14-12)19(17,18)9-4-11-2-6-13-7-3-11/h11,13H,1-10H2,(H,14,16). The summed E-state index contributed by atoms with van der Waals surface area (Å²) < 4.78 is 25.9. The van der Waals surface area contributed by atoms with Gasteiger partial charge in [0.1, 0.15) is 0 Å². The van der Waals surface area contributed by atoms with Gasteiger partial charge in [-0.25, -0.2) is 8.42 Å². The van der Waals surface area contributed by atoms with Crippen LogP contribution in [0.15, 0.2) is 0 Å². The first-order valence-electron chi connectivity index (χ1n) is 7.03. The smallest absolute Gasteiger partial charge is 0.235 e. The summed E-state index contributed by atoms with van der Waals surface area (Å²) in [6, 6.07) is 0. The largest absolute Gasteiger partial charge is 0.355 e. The third kappa shape index (κ3) is 4.43. The number of piperidine rings is 1. The molecule has 0 bridgehead atoms. The second-order valence-corrected chi connectivity index (χ2v) is 7.42. The van der Waals surface area contributed by atoms with Gasteiger partial charge in [-0.2, -0.15) is 4.31 Å². The molecule has 19 heavy (non-hydrogen) atoms. The van der Waals surface area contributed by atoms with Crippen LogP contribution in [-0.2, 0) is 14.8 Å². The lowest BCUT2D eigenvalue weighted by Crippen LogP contribution is -2.39. The number of rotatable bonds is 4. The molecule has 0 atom stereocenters. The van der Waals surface area contributed by atoms with Crippen molar-refractivity contribution in [1.29, 1.82) is 0 Å². The van der Waals surface area contributed by atoms with E-state index in [0.29, 0.717) is 31.8 Å². The molecule has 2 saturated heterocycles. The summed E-state index contributed by atoms with van der Waals surface area (Å²) in [7, 11) is -3.29. The second-order valence-electron chi connectivity index (χ2n) is 5.34. The molecule has 7 heteroatoms. The average Bonchev–Trinajstić information content (AvgIpc) is 2.63. The van der Waals surface area contributed by atoms with Crippen LogP contribution in [0.3, 0.4) is 0 Å². The first-order valence-corrected chi connectivity index (χ1v) is 8.64. The van der Waals surface area contributed by atoms with Gasteiger partial charge in [-0.3, -0.25) is 4.79 Å². The van der Waals surface area contributed by atoms with E-state index in [-0.39, 0.29) is 18.2 Å². The molecule has 0 aromatic carbocycles. The molecule has 2 rings (SSSR count). The minimum absolute atomic E-state index is 0.0193. The maximum Gasteiger partial charge on any atom is 0.235 e. The molecule has 0 aliphatic carbocycles. The van der Waals surface area contributed by atoms with Gasteiger partial charge in [0.25, 0.3) is 0 Å². The number of sulfonamides is 1. The minimum Gasteiger partial charge on any atom is -0.355 e. The van der Waals surface area contributed by atoms with Crippen LogP contribution in [0.1, 0.15) is 25.7 Å². The molecule has 0 saturated carbocycles. The monoisotopic (exact) mass is 289 g/mol. The van der Waals surface area contributed by atoms with E-state index in [4.69, 9.17) is 0 Å². The lowest BCUT2D eigenvalue weighted by Gasteiger charge is -2.24. The van der Waals surface area contributed by atoms with Crippen LogP contribution in [0.4, 0.5) is 0 Å². The van der Waals surface area contributed by atoms with Gasteiger partial charge < -0.3 is 10.6 Å². The normalized spacial score (nSPS) is 23.9. The Bertz CT molecular complexity index is 404. The molecule has 0 aromatic heterocycles. The minimum atomic E-state index is -3.29. The highest BCUT2D eigenvalue weighted by molar-refractivity contribution is 7.89. The third-order valence-electron chi connectivity index (χ3n) is 3.86. The van der Waals surface area contributed by atoms with Crippen molar-refractivity contribution in [2.75, 3.05) is 38.5 Å². The van der Waals surface area contributed by atoms with Crippen molar-refractivity contribution >= 4 is 15.9 Å². The van der Waals surface area contributed by atoms with Crippen LogP contribution in [0.2, 0.25) is 0 Å². The van der Waals surface area contributed by atoms with Gasteiger partial charge in [0, 0.05) is 13.1 Å². The van der Waals surface area contributed by atoms with E-state index in [9.17, 15) is 13.2 Å². The number of carbonyl (C=O) groups is 1. The lowest BCUT2D eigenvalue weighted by molar-refractivity contribution is -0.120. The Hall–Kier alpha value is -0.660. The Balaban J connectivity index is 1.87. The number of hydrogen-bond acceptors (Lipinski definition) is 4. The zero-order valence-corrected chi connectivity index (χ0v) is 12.0. The molecular formula is C12H23N3O3S. The summed E-state index contributed by atoms with van der Waals surface area (Å²) in [5.74, 6) is 0.477. The predicted octanol–water partition coefficient (Wildman–Crippen LogP) is -0.472. The molecule has 110 valence electrons. The fourth-order valence-corrected chi connectivity index (χ4v) is 4.24. The molecule has 0 aromatic rings. The van der Waals surface area contributed by atoms with Gasteiger partial charge >= 0.3 is 0 Å². The van der Waals surface area contributed by atoms with Gasteiger partial charge in [0.15, 0.2) is 0 Å². The van der Waals surface area contributed by atoms with Crippen LogP contribution in [0, 0.1) is 5.92 Å². The molecule has 0 spiro atoms. The summed E-state index contributed by atoms with van der Waals surface area (Å²) >= 11 is 0. The summed E-state index contributed by atoms with van der Waals surface area (Å²) in [5, 5.41) is 5.98. The fraction of sp³-hybridized carbons (Fsp3) is 0.917. The molecule has 2 heterocycles. The lowest BCUT2D eigenvalue weighted by atomic mass is 9.96. The zero-order chi connectivity index (χ0) is 13.7. The number of amides is 1. The maximum absolute atomic E-state index is 12.3. The van der Waals surface area contributed by atoms with Crippen LogP contribution < -0.4 is 10.6 Å². The Labute approximate surface area is 115 Å². The topological polar surface area (TPSA) is 78.5 Å². The summed E-state index contributed by atoms with van der Waals surface area (Å²) in [5.41, 5.74) is 0. The number of carbonyl (C=O) groups excluding carboxylic acids is 1. The second kappa shape index (κ2) is 6.67. The number of nitrogens with zero attached hydrogens (tertiary/aromatic N) is 1. The van der Waals surface area contributed by atoms with Crippen LogP contribution in [0.25, 0.3) is 0 Å². The van der Waals surface area contributed by atoms with E-state index >= 15 is 0 Å². The fourth-order valence-electron chi connectivity index (χ4n) is 2.63. The van der Waals surface area contributed by atoms with E-state index in [1.165, 1.54) is 4.31 Å². The van der Waals surface area contributed by atoms with Crippen LogP contribution >= 0.6 is 0 Å². The van der Waals surface area contributed by atoms with Crippen LogP contribution in [0.5, 0.6) is 0 Å². The van der Waals surface area contributed by atoms with Crippen molar-refractivity contribution in [2.45, 2.75) is 25.7 Å². The molecule has 2 N–H and O–H groups in total. The molecule has 0 unspecified atom stereocenters. The average molecular weight is 289 g/mol. The molecule has 2 fully saturated rings. The molecule has 1 amide bonds. The first kappa shape index (κ1) is 14.7. The number of hydrogen-bond donors (Lipinski definition) is 2. The molecule has 2 aliphatic rings. The van der Waals surface area contributed by atoms with Crippen molar-refractivity contribution in [3.63, 3.8) is 0 Å². The Morgan fingerprint density at radius 2 is 1.95 bits per heavy atom. The highest BCUT2D eigenvalue weighted by atomic mass is 32.2. The van der Waals surface area contributed by atoms with Crippen LogP contribution in [-0.4, -0.2) is 57.1 Å². The summed E-state index contributed by atoms with van der Waals surface area (Å²) in [6.07, 6.45) is 3.51. The quantitative estimate of drug-likeness (QED) is 0.733. The Morgan fingerprint density at radius 3 is 2.68 bits per heavy atom. The highest BCUT2D eigenvalue weighted by Crippen LogP contribution is 2.18. The molecular weight excluding hydrogens is 266 g/mol. The third-order valence-corrected chi connectivity index (χ3v) is 5.71. The maximum atomic E-state index is 12.3. The first-order chi connectivity index (χ1) is 9.08. The Kier molecular flexibility index (Phi) is 5.18. The summed E-state index contributed by atoms with van der Waals surface area (Å²) in [4.78, 5) is 11.4. The molecule has 0 radical (unpaired) electrons. The highest BCUT2D eigenvalue weighted by Gasteiger charge is 2.27. The van der Waals surface area contributed by atoms with E-state index < -0.39 is 10.0 Å². The van der Waals surface area contributed by atoms with E-state index in [0.717, 1.165) is 25.9 Å². The molecule has 6 nitrogen and oxygen atoms in total. The van der Waals surface area contributed by atoms with Crippen molar-refractivity contribution in [3.8, 4) is 0 Å². The number of nitrogens with one attached hydrogen (secondary N) is 2. The van der Waals surface area contributed by atoms with Crippen molar-refractivity contribution in [1.82, 2.24) is 14.9 Å². The van der Waals surface area contributed by atoms with E-state index in [1.807, 2.05) is 0 Å². The molecule has 2 aliphatic heterocycles. The van der Waals surface area contributed by atoms with Crippen molar-refractivity contribution in [3.05, 3.63) is 0 Å². The van der Waals surface area contributed by atoms with Gasteiger partial charge in [-0.1, -0.05) is 0 Å². The van der Waals surface area contributed by atoms with E-state index in [2.05, 4.69) is 10.6 Å². The van der Waals surface area contributed by atoms with Gasteiger partial charge in [-0.05, 0) is 44.7 Å². The Morgan fingerprint density at radius 1 is 1.21 bits per heavy atom. The van der Waals surface area contributed by atoms with Crippen molar-refractivity contribution < 1.29 is 13.2 Å². The SMILES string of the molecule is O=C1CN(S(=O)(=O)CCC2CCNCC2)CCCN1. The van der Waals surface area contributed by atoms with E-state index in [1.54, 1.807) is 0 Å². The predicted molar refractivity (Wildman–Crippen MR) is 73.2 cm³/mol. The zero-order valence-electron chi connectivity index (χ0n) is 11.2. The van der Waals surface area contributed by atoms with Gasteiger partial charge in [0.05, 0.1) is 12.3 Å².